The van der Waals surface area contributed by atoms with Crippen LogP contribution < -0.4 is 5.73 Å². The van der Waals surface area contributed by atoms with Gasteiger partial charge < -0.3 is 5.73 Å². The highest BCUT2D eigenvalue weighted by atomic mass is 32.2. The molecule has 0 amide bonds. The lowest BCUT2D eigenvalue weighted by Crippen LogP contribution is -2.58. The molecule has 6 heteroatoms. The molecule has 2 saturated heterocycles. The average Bonchev–Trinajstić information content (AvgIpc) is 2.52. The van der Waals surface area contributed by atoms with Crippen molar-refractivity contribution in [2.75, 3.05) is 36.9 Å². The van der Waals surface area contributed by atoms with E-state index in [2.05, 4.69) is 18.7 Å². The predicted octanol–water partition coefficient (Wildman–Crippen LogP) is 1.11. The van der Waals surface area contributed by atoms with E-state index in [0.29, 0.717) is 35.6 Å². The van der Waals surface area contributed by atoms with Gasteiger partial charge in [0.1, 0.15) is 9.84 Å². The summed E-state index contributed by atoms with van der Waals surface area (Å²) in [5, 5.41) is 0. The first-order valence-corrected chi connectivity index (χ1v) is 9.89. The van der Waals surface area contributed by atoms with Crippen LogP contribution in [0.5, 0.6) is 0 Å². The van der Waals surface area contributed by atoms with Crippen LogP contribution in [0.3, 0.4) is 0 Å². The standard InChI is InChI=1S/C13H26N2O2S2/c1-12(2)3-6-15(7-8-18-12)13(11-14)4-9-19(16,17)10-5-13/h3-11,14H2,1-2H3. The van der Waals surface area contributed by atoms with Crippen LogP contribution >= 0.6 is 11.8 Å². The average molecular weight is 306 g/mol. The Morgan fingerprint density at radius 2 is 1.79 bits per heavy atom. The van der Waals surface area contributed by atoms with Gasteiger partial charge in [0.05, 0.1) is 11.5 Å². The van der Waals surface area contributed by atoms with Crippen LogP contribution in [0.2, 0.25) is 0 Å². The Morgan fingerprint density at radius 3 is 2.37 bits per heavy atom. The van der Waals surface area contributed by atoms with Crippen molar-refractivity contribution in [2.45, 2.75) is 43.4 Å². The summed E-state index contributed by atoms with van der Waals surface area (Å²) in [6.07, 6.45) is 2.56. The summed E-state index contributed by atoms with van der Waals surface area (Å²) in [4.78, 5) is 2.48. The minimum Gasteiger partial charge on any atom is -0.329 e. The Morgan fingerprint density at radius 1 is 1.16 bits per heavy atom. The van der Waals surface area contributed by atoms with Gasteiger partial charge in [-0.25, -0.2) is 8.42 Å². The van der Waals surface area contributed by atoms with Crippen molar-refractivity contribution in [3.05, 3.63) is 0 Å². The van der Waals surface area contributed by atoms with Crippen molar-refractivity contribution < 1.29 is 8.42 Å². The largest absolute Gasteiger partial charge is 0.329 e. The van der Waals surface area contributed by atoms with E-state index in [0.717, 1.165) is 25.3 Å². The third-order valence-electron chi connectivity index (χ3n) is 4.65. The molecule has 2 fully saturated rings. The number of hydrogen-bond donors (Lipinski definition) is 1. The highest BCUT2D eigenvalue weighted by Crippen LogP contribution is 2.36. The Hall–Kier alpha value is 0.220. The van der Waals surface area contributed by atoms with Gasteiger partial charge in [0.2, 0.25) is 0 Å². The molecule has 0 aromatic heterocycles. The third-order valence-corrected chi connectivity index (χ3v) is 7.67. The number of thioether (sulfide) groups is 1. The summed E-state index contributed by atoms with van der Waals surface area (Å²) < 4.78 is 23.6. The van der Waals surface area contributed by atoms with E-state index < -0.39 is 9.84 Å². The van der Waals surface area contributed by atoms with Crippen molar-refractivity contribution in [1.82, 2.24) is 4.90 Å². The SMILES string of the molecule is CC1(C)CCN(C2(CN)CCS(=O)(=O)CC2)CCS1. The van der Waals surface area contributed by atoms with Gasteiger partial charge in [0.15, 0.2) is 0 Å². The first-order chi connectivity index (χ1) is 8.79. The lowest BCUT2D eigenvalue weighted by Gasteiger charge is -2.45. The maximum atomic E-state index is 11.6. The maximum absolute atomic E-state index is 11.6. The lowest BCUT2D eigenvalue weighted by molar-refractivity contribution is 0.0886. The van der Waals surface area contributed by atoms with E-state index in [9.17, 15) is 8.42 Å². The molecule has 112 valence electrons. The second kappa shape index (κ2) is 5.54. The number of hydrogen-bond acceptors (Lipinski definition) is 5. The van der Waals surface area contributed by atoms with Gasteiger partial charge in [-0.15, -0.1) is 0 Å². The molecule has 0 radical (unpaired) electrons. The first kappa shape index (κ1) is 15.6. The topological polar surface area (TPSA) is 63.4 Å². The smallest absolute Gasteiger partial charge is 0.150 e. The van der Waals surface area contributed by atoms with Crippen LogP contribution in [0.25, 0.3) is 0 Å². The molecule has 2 heterocycles. The van der Waals surface area contributed by atoms with Crippen LogP contribution in [0.15, 0.2) is 0 Å². The van der Waals surface area contributed by atoms with Crippen LogP contribution in [0, 0.1) is 0 Å². The third kappa shape index (κ3) is 3.65. The van der Waals surface area contributed by atoms with Crippen molar-refractivity contribution in [3.8, 4) is 0 Å². The molecule has 0 aliphatic carbocycles. The van der Waals surface area contributed by atoms with Crippen molar-refractivity contribution in [3.63, 3.8) is 0 Å². The molecule has 2 aliphatic heterocycles. The Labute approximate surface area is 121 Å². The van der Waals surface area contributed by atoms with E-state index in [1.165, 1.54) is 0 Å². The fraction of sp³-hybridized carbons (Fsp3) is 1.00. The quantitative estimate of drug-likeness (QED) is 0.828. The number of nitrogens with zero attached hydrogens (tertiary/aromatic N) is 1. The zero-order valence-corrected chi connectivity index (χ0v) is 13.7. The van der Waals surface area contributed by atoms with Crippen molar-refractivity contribution >= 4 is 21.6 Å². The molecule has 19 heavy (non-hydrogen) atoms. The molecule has 2 rings (SSSR count). The van der Waals surface area contributed by atoms with E-state index in [1.807, 2.05) is 11.8 Å². The molecule has 0 saturated carbocycles. The lowest BCUT2D eigenvalue weighted by atomic mass is 9.89. The molecule has 0 spiro atoms. The van der Waals surface area contributed by atoms with Gasteiger partial charge in [0, 0.05) is 35.7 Å². The van der Waals surface area contributed by atoms with Crippen molar-refractivity contribution in [1.29, 1.82) is 0 Å². The molecule has 2 N–H and O–H groups in total. The molecule has 2 aliphatic rings. The van der Waals surface area contributed by atoms with Crippen LogP contribution in [0.4, 0.5) is 0 Å². The predicted molar refractivity (Wildman–Crippen MR) is 82.4 cm³/mol. The molecule has 0 atom stereocenters. The van der Waals surface area contributed by atoms with Gasteiger partial charge in [-0.1, -0.05) is 13.8 Å². The fourth-order valence-corrected chi connectivity index (χ4v) is 5.75. The number of sulfone groups is 1. The monoisotopic (exact) mass is 306 g/mol. The van der Waals surface area contributed by atoms with Gasteiger partial charge in [-0.2, -0.15) is 11.8 Å². The zero-order valence-electron chi connectivity index (χ0n) is 12.0. The van der Waals surface area contributed by atoms with Gasteiger partial charge in [0.25, 0.3) is 0 Å². The normalized spacial score (nSPS) is 30.7. The molecule has 0 aromatic rings. The van der Waals surface area contributed by atoms with Crippen molar-refractivity contribution in [2.24, 2.45) is 5.73 Å². The molecule has 0 unspecified atom stereocenters. The van der Waals surface area contributed by atoms with Crippen LogP contribution in [-0.4, -0.2) is 60.5 Å². The molecular formula is C13H26N2O2S2. The summed E-state index contributed by atoms with van der Waals surface area (Å²) in [5.74, 6) is 1.72. The van der Waals surface area contributed by atoms with E-state index in [1.54, 1.807) is 0 Å². The summed E-state index contributed by atoms with van der Waals surface area (Å²) >= 11 is 2.02. The van der Waals surface area contributed by atoms with E-state index >= 15 is 0 Å². The highest BCUT2D eigenvalue weighted by Gasteiger charge is 2.42. The molecule has 0 bridgehead atoms. The second-order valence-electron chi connectivity index (χ2n) is 6.43. The zero-order chi connectivity index (χ0) is 14.1. The van der Waals surface area contributed by atoms with E-state index in [4.69, 9.17) is 5.73 Å². The van der Waals surface area contributed by atoms with Gasteiger partial charge in [-0.05, 0) is 19.3 Å². The Kier molecular flexibility index (Phi) is 4.55. The minimum absolute atomic E-state index is 0.0771. The Balaban J connectivity index is 2.09. The molecule has 0 aromatic carbocycles. The molecular weight excluding hydrogens is 280 g/mol. The summed E-state index contributed by atoms with van der Waals surface area (Å²) in [6, 6.07) is 0. The summed E-state index contributed by atoms with van der Waals surface area (Å²) in [5.41, 5.74) is 5.96. The van der Waals surface area contributed by atoms with Crippen LogP contribution in [-0.2, 0) is 9.84 Å². The number of rotatable bonds is 2. The summed E-state index contributed by atoms with van der Waals surface area (Å²) in [6.45, 7) is 7.24. The maximum Gasteiger partial charge on any atom is 0.150 e. The van der Waals surface area contributed by atoms with E-state index in [-0.39, 0.29) is 5.54 Å². The number of nitrogens with two attached hydrogens (primary N) is 1. The summed E-state index contributed by atoms with van der Waals surface area (Å²) in [7, 11) is -2.82. The molecule has 4 nitrogen and oxygen atoms in total. The Bertz CT molecular complexity index is 406. The van der Waals surface area contributed by atoms with Gasteiger partial charge in [-0.3, -0.25) is 4.90 Å². The second-order valence-corrected chi connectivity index (χ2v) is 10.5. The highest BCUT2D eigenvalue weighted by molar-refractivity contribution is 8.00. The van der Waals surface area contributed by atoms with Gasteiger partial charge >= 0.3 is 0 Å². The van der Waals surface area contributed by atoms with Crippen LogP contribution in [0.1, 0.15) is 33.1 Å². The fourth-order valence-electron chi connectivity index (χ4n) is 3.06. The first-order valence-electron chi connectivity index (χ1n) is 7.08. The minimum atomic E-state index is -2.82.